The predicted molar refractivity (Wildman–Crippen MR) is 73.5 cm³/mol. The van der Waals surface area contributed by atoms with Gasteiger partial charge in [0.05, 0.1) is 12.6 Å². The van der Waals surface area contributed by atoms with E-state index >= 15 is 0 Å². The third kappa shape index (κ3) is 4.58. The molecule has 0 aliphatic carbocycles. The normalized spacial score (nSPS) is 18.8. The van der Waals surface area contributed by atoms with Crippen molar-refractivity contribution in [3.05, 3.63) is 0 Å². The summed E-state index contributed by atoms with van der Waals surface area (Å²) >= 11 is 0. The van der Waals surface area contributed by atoms with E-state index in [0.717, 1.165) is 38.9 Å². The summed E-state index contributed by atoms with van der Waals surface area (Å²) in [6, 6.07) is -0.102. The molecule has 1 N–H and O–H groups in total. The number of aliphatic hydroxyl groups excluding tert-OH is 1. The Labute approximate surface area is 111 Å². The molecule has 0 radical (unpaired) electrons. The number of aliphatic hydroxyl groups is 1. The summed E-state index contributed by atoms with van der Waals surface area (Å²) in [7, 11) is 0. The van der Waals surface area contributed by atoms with Crippen molar-refractivity contribution in [1.29, 1.82) is 0 Å². The van der Waals surface area contributed by atoms with Gasteiger partial charge in [-0.1, -0.05) is 19.8 Å². The first-order valence-corrected chi connectivity index (χ1v) is 7.34. The number of carbonyl (C=O) groups excluding carboxylic acids is 1. The van der Waals surface area contributed by atoms with Gasteiger partial charge < -0.3 is 10.0 Å². The summed E-state index contributed by atoms with van der Waals surface area (Å²) in [6.07, 6.45) is 5.76. The van der Waals surface area contributed by atoms with Gasteiger partial charge >= 0.3 is 0 Å². The van der Waals surface area contributed by atoms with E-state index in [1.54, 1.807) is 0 Å². The van der Waals surface area contributed by atoms with Crippen molar-refractivity contribution in [2.75, 3.05) is 32.8 Å². The lowest BCUT2D eigenvalue weighted by molar-refractivity contribution is -0.136. The number of carbonyl (C=O) groups is 1. The van der Waals surface area contributed by atoms with Crippen LogP contribution < -0.4 is 0 Å². The van der Waals surface area contributed by atoms with E-state index in [1.807, 2.05) is 11.8 Å². The van der Waals surface area contributed by atoms with Crippen LogP contribution in [0.3, 0.4) is 0 Å². The first-order valence-electron chi connectivity index (χ1n) is 7.34. The minimum Gasteiger partial charge on any atom is -0.395 e. The van der Waals surface area contributed by atoms with Crippen molar-refractivity contribution in [3.8, 4) is 0 Å². The van der Waals surface area contributed by atoms with Crippen LogP contribution in [0.1, 0.15) is 46.0 Å². The van der Waals surface area contributed by atoms with Crippen LogP contribution in [0.15, 0.2) is 0 Å². The van der Waals surface area contributed by atoms with Crippen LogP contribution >= 0.6 is 0 Å². The number of rotatable bonds is 6. The van der Waals surface area contributed by atoms with E-state index in [9.17, 15) is 4.79 Å². The van der Waals surface area contributed by atoms with E-state index in [1.165, 1.54) is 12.8 Å². The average molecular weight is 256 g/mol. The molecule has 1 amide bonds. The van der Waals surface area contributed by atoms with E-state index in [0.29, 0.717) is 6.54 Å². The number of hydrogen-bond acceptors (Lipinski definition) is 3. The fourth-order valence-electron chi connectivity index (χ4n) is 2.63. The molecule has 18 heavy (non-hydrogen) atoms. The Morgan fingerprint density at radius 3 is 2.33 bits per heavy atom. The standard InChI is InChI=1S/C14H28N2O2/c1-3-8-15(11-12-17)13(2)14(18)16-9-6-4-5-7-10-16/h13,17H,3-12H2,1-2H3. The molecule has 0 aromatic heterocycles. The fourth-order valence-corrected chi connectivity index (χ4v) is 2.63. The summed E-state index contributed by atoms with van der Waals surface area (Å²) in [5, 5.41) is 9.08. The maximum absolute atomic E-state index is 12.4. The molecule has 0 bridgehead atoms. The Kier molecular flexibility index (Phi) is 7.28. The molecule has 106 valence electrons. The summed E-state index contributed by atoms with van der Waals surface area (Å²) in [5.41, 5.74) is 0. The van der Waals surface area contributed by atoms with Gasteiger partial charge in [-0.25, -0.2) is 0 Å². The molecule has 1 unspecified atom stereocenters. The summed E-state index contributed by atoms with van der Waals surface area (Å²) in [6.45, 7) is 7.48. The number of amides is 1. The molecular weight excluding hydrogens is 228 g/mol. The van der Waals surface area contributed by atoms with Crippen LogP contribution in [0.4, 0.5) is 0 Å². The summed E-state index contributed by atoms with van der Waals surface area (Å²) in [5.74, 6) is 0.235. The Balaban J connectivity index is 2.55. The molecule has 0 spiro atoms. The molecule has 1 aliphatic rings. The highest BCUT2D eigenvalue weighted by atomic mass is 16.3. The zero-order chi connectivity index (χ0) is 13.4. The molecule has 0 aromatic carbocycles. The predicted octanol–water partition coefficient (Wildman–Crippen LogP) is 1.48. The minimum absolute atomic E-state index is 0.102. The largest absolute Gasteiger partial charge is 0.395 e. The van der Waals surface area contributed by atoms with Gasteiger partial charge in [0, 0.05) is 19.6 Å². The lowest BCUT2D eigenvalue weighted by atomic mass is 10.2. The van der Waals surface area contributed by atoms with Crippen molar-refractivity contribution >= 4 is 5.91 Å². The topological polar surface area (TPSA) is 43.8 Å². The third-order valence-electron chi connectivity index (χ3n) is 3.72. The highest BCUT2D eigenvalue weighted by molar-refractivity contribution is 5.81. The highest BCUT2D eigenvalue weighted by Crippen LogP contribution is 2.13. The zero-order valence-electron chi connectivity index (χ0n) is 11.9. The second kappa shape index (κ2) is 8.48. The Morgan fingerprint density at radius 1 is 1.22 bits per heavy atom. The molecule has 1 fully saturated rings. The molecule has 1 saturated heterocycles. The average Bonchev–Trinajstić information content (AvgIpc) is 2.65. The van der Waals surface area contributed by atoms with Gasteiger partial charge in [-0.3, -0.25) is 9.69 Å². The smallest absolute Gasteiger partial charge is 0.239 e. The quantitative estimate of drug-likeness (QED) is 0.783. The van der Waals surface area contributed by atoms with Crippen LogP contribution in [0.5, 0.6) is 0 Å². The highest BCUT2D eigenvalue weighted by Gasteiger charge is 2.25. The van der Waals surface area contributed by atoms with Gasteiger partial charge in [0.1, 0.15) is 0 Å². The minimum atomic E-state index is -0.102. The molecule has 4 nitrogen and oxygen atoms in total. The number of nitrogens with zero attached hydrogens (tertiary/aromatic N) is 2. The molecule has 1 aliphatic heterocycles. The lowest BCUT2D eigenvalue weighted by Crippen LogP contribution is -2.48. The first-order chi connectivity index (χ1) is 8.70. The Bertz CT molecular complexity index is 232. The SMILES string of the molecule is CCCN(CCO)C(C)C(=O)N1CCCCCC1. The second-order valence-electron chi connectivity index (χ2n) is 5.18. The molecular formula is C14H28N2O2. The van der Waals surface area contributed by atoms with Crippen molar-refractivity contribution in [2.45, 2.75) is 52.0 Å². The third-order valence-corrected chi connectivity index (χ3v) is 3.72. The second-order valence-corrected chi connectivity index (χ2v) is 5.18. The van der Waals surface area contributed by atoms with Gasteiger partial charge in [0.25, 0.3) is 0 Å². The molecule has 0 saturated carbocycles. The van der Waals surface area contributed by atoms with Crippen LogP contribution in [0.25, 0.3) is 0 Å². The molecule has 0 aromatic rings. The van der Waals surface area contributed by atoms with E-state index < -0.39 is 0 Å². The summed E-state index contributed by atoms with van der Waals surface area (Å²) in [4.78, 5) is 16.5. The first kappa shape index (κ1) is 15.4. The van der Waals surface area contributed by atoms with Gasteiger partial charge in [-0.2, -0.15) is 0 Å². The van der Waals surface area contributed by atoms with Gasteiger partial charge in [0.2, 0.25) is 5.91 Å². The lowest BCUT2D eigenvalue weighted by Gasteiger charge is -2.31. The van der Waals surface area contributed by atoms with Crippen LogP contribution in [-0.4, -0.2) is 59.6 Å². The van der Waals surface area contributed by atoms with Crippen molar-refractivity contribution in [3.63, 3.8) is 0 Å². The Morgan fingerprint density at radius 2 is 1.83 bits per heavy atom. The van der Waals surface area contributed by atoms with Gasteiger partial charge in [0.15, 0.2) is 0 Å². The van der Waals surface area contributed by atoms with Crippen molar-refractivity contribution in [1.82, 2.24) is 9.80 Å². The van der Waals surface area contributed by atoms with Crippen LogP contribution in [0, 0.1) is 0 Å². The molecule has 1 heterocycles. The molecule has 1 atom stereocenters. The number of likely N-dealkylation sites (tertiary alicyclic amines) is 1. The van der Waals surface area contributed by atoms with Gasteiger partial charge in [-0.05, 0) is 32.7 Å². The van der Waals surface area contributed by atoms with E-state index in [4.69, 9.17) is 5.11 Å². The molecule has 1 rings (SSSR count). The maximum Gasteiger partial charge on any atom is 0.239 e. The van der Waals surface area contributed by atoms with E-state index in [2.05, 4.69) is 11.8 Å². The fraction of sp³-hybridized carbons (Fsp3) is 0.929. The zero-order valence-corrected chi connectivity index (χ0v) is 11.9. The van der Waals surface area contributed by atoms with E-state index in [-0.39, 0.29) is 18.6 Å². The monoisotopic (exact) mass is 256 g/mol. The van der Waals surface area contributed by atoms with Crippen LogP contribution in [-0.2, 0) is 4.79 Å². The summed E-state index contributed by atoms with van der Waals surface area (Å²) < 4.78 is 0. The van der Waals surface area contributed by atoms with Crippen molar-refractivity contribution in [2.24, 2.45) is 0 Å². The van der Waals surface area contributed by atoms with Gasteiger partial charge in [-0.15, -0.1) is 0 Å². The number of hydrogen-bond donors (Lipinski definition) is 1. The maximum atomic E-state index is 12.4. The van der Waals surface area contributed by atoms with Crippen molar-refractivity contribution < 1.29 is 9.90 Å². The molecule has 4 heteroatoms. The Hall–Kier alpha value is -0.610. The van der Waals surface area contributed by atoms with Crippen LogP contribution in [0.2, 0.25) is 0 Å².